The number of likely N-dealkylation sites (tertiary alicyclic amines) is 1. The molecule has 0 aliphatic carbocycles. The van der Waals surface area contributed by atoms with Crippen molar-refractivity contribution in [2.45, 2.75) is 19.8 Å². The van der Waals surface area contributed by atoms with Gasteiger partial charge in [0.25, 0.3) is 0 Å². The van der Waals surface area contributed by atoms with E-state index in [0.717, 1.165) is 11.8 Å². The fourth-order valence-electron chi connectivity index (χ4n) is 2.90. The van der Waals surface area contributed by atoms with Crippen molar-refractivity contribution < 1.29 is 19.1 Å². The summed E-state index contributed by atoms with van der Waals surface area (Å²) in [7, 11) is 0. The number of benzene rings is 1. The maximum Gasteiger partial charge on any atom is 0.310 e. The van der Waals surface area contributed by atoms with Crippen molar-refractivity contribution in [2.75, 3.05) is 19.6 Å². The summed E-state index contributed by atoms with van der Waals surface area (Å²) in [5.41, 5.74) is -0.0766. The Morgan fingerprint density at radius 3 is 2.76 bits per heavy atom. The van der Waals surface area contributed by atoms with Crippen LogP contribution in [0, 0.1) is 17.2 Å². The van der Waals surface area contributed by atoms with Crippen molar-refractivity contribution in [1.82, 2.24) is 4.90 Å². The number of aldehydes is 1. The molecular weight excluding hydrogens is 273 g/mol. The SMILES string of the molecule is CC(C)(CN1C[C@H](c2cccc(F)c2)[C@@H](C=O)C1)C(=O)O. The largest absolute Gasteiger partial charge is 0.481 e. The molecule has 0 radical (unpaired) electrons. The smallest absolute Gasteiger partial charge is 0.310 e. The van der Waals surface area contributed by atoms with E-state index in [1.54, 1.807) is 19.9 Å². The predicted octanol–water partition coefficient (Wildman–Crippen LogP) is 2.15. The van der Waals surface area contributed by atoms with Crippen LogP contribution < -0.4 is 0 Å². The first-order valence-electron chi connectivity index (χ1n) is 7.00. The summed E-state index contributed by atoms with van der Waals surface area (Å²) in [4.78, 5) is 24.5. The van der Waals surface area contributed by atoms with Gasteiger partial charge in [-0.15, -0.1) is 0 Å². The van der Waals surface area contributed by atoms with E-state index in [1.165, 1.54) is 12.1 Å². The van der Waals surface area contributed by atoms with Crippen LogP contribution in [0.4, 0.5) is 4.39 Å². The Labute approximate surface area is 123 Å². The molecule has 0 bridgehead atoms. The third-order valence-electron chi connectivity index (χ3n) is 4.09. The van der Waals surface area contributed by atoms with Crippen molar-refractivity contribution >= 4 is 12.3 Å². The number of carbonyl (C=O) groups is 2. The summed E-state index contributed by atoms with van der Waals surface area (Å²) in [5, 5.41) is 9.20. The molecule has 0 amide bonds. The highest BCUT2D eigenvalue weighted by molar-refractivity contribution is 5.73. The molecule has 1 aromatic rings. The minimum absolute atomic E-state index is 0.0807. The van der Waals surface area contributed by atoms with Crippen LogP contribution in [0.3, 0.4) is 0 Å². The molecule has 1 N–H and O–H groups in total. The minimum Gasteiger partial charge on any atom is -0.481 e. The molecular formula is C16H20FNO3. The second-order valence-corrected chi connectivity index (χ2v) is 6.34. The number of hydrogen-bond donors (Lipinski definition) is 1. The summed E-state index contributed by atoms with van der Waals surface area (Å²) >= 11 is 0. The van der Waals surface area contributed by atoms with E-state index in [4.69, 9.17) is 0 Å². The average Bonchev–Trinajstić information content (AvgIpc) is 2.80. The summed E-state index contributed by atoms with van der Waals surface area (Å²) in [6.07, 6.45) is 0.892. The van der Waals surface area contributed by atoms with E-state index in [2.05, 4.69) is 0 Å². The molecule has 1 aliphatic heterocycles. The topological polar surface area (TPSA) is 57.6 Å². The van der Waals surface area contributed by atoms with Gasteiger partial charge in [-0.2, -0.15) is 0 Å². The standard InChI is InChI=1S/C16H20FNO3/c1-16(2,15(20)21)10-18-7-12(9-19)14(8-18)11-4-3-5-13(17)6-11/h3-6,9,12,14H,7-8,10H2,1-2H3,(H,20,21)/t12-,14-/m1/s1. The van der Waals surface area contributed by atoms with Crippen molar-refractivity contribution in [3.63, 3.8) is 0 Å². The lowest BCUT2D eigenvalue weighted by molar-refractivity contribution is -0.147. The summed E-state index contributed by atoms with van der Waals surface area (Å²) < 4.78 is 13.3. The predicted molar refractivity (Wildman–Crippen MR) is 76.6 cm³/mol. The first kappa shape index (κ1) is 15.6. The van der Waals surface area contributed by atoms with Crippen LogP contribution in [0.2, 0.25) is 0 Å². The average molecular weight is 293 g/mol. The number of hydrogen-bond acceptors (Lipinski definition) is 3. The maximum atomic E-state index is 13.3. The van der Waals surface area contributed by atoms with Crippen LogP contribution in [-0.2, 0) is 9.59 Å². The molecule has 4 nitrogen and oxygen atoms in total. The van der Waals surface area contributed by atoms with Crippen molar-refractivity contribution in [2.24, 2.45) is 11.3 Å². The molecule has 2 atom stereocenters. The highest BCUT2D eigenvalue weighted by Crippen LogP contribution is 2.33. The van der Waals surface area contributed by atoms with Crippen LogP contribution >= 0.6 is 0 Å². The summed E-state index contributed by atoms with van der Waals surface area (Å²) in [6.45, 7) is 4.80. The number of nitrogens with zero attached hydrogens (tertiary/aromatic N) is 1. The van der Waals surface area contributed by atoms with Crippen molar-refractivity contribution in [1.29, 1.82) is 0 Å². The molecule has 1 fully saturated rings. The van der Waals surface area contributed by atoms with E-state index in [0.29, 0.717) is 19.6 Å². The Bertz CT molecular complexity index is 544. The van der Waals surface area contributed by atoms with Crippen molar-refractivity contribution in [3.8, 4) is 0 Å². The highest BCUT2D eigenvalue weighted by Gasteiger charge is 2.38. The number of aliphatic carboxylic acids is 1. The number of carboxylic acid groups (broad SMARTS) is 1. The van der Waals surface area contributed by atoms with Gasteiger partial charge >= 0.3 is 5.97 Å². The van der Waals surface area contributed by atoms with Gasteiger partial charge in [-0.1, -0.05) is 12.1 Å². The Hall–Kier alpha value is -1.75. The lowest BCUT2D eigenvalue weighted by Crippen LogP contribution is -2.38. The quantitative estimate of drug-likeness (QED) is 0.845. The lowest BCUT2D eigenvalue weighted by Gasteiger charge is -2.26. The first-order valence-corrected chi connectivity index (χ1v) is 7.00. The molecule has 1 saturated heterocycles. The van der Waals surface area contributed by atoms with Gasteiger partial charge in [-0.05, 0) is 31.5 Å². The molecule has 2 rings (SSSR count). The van der Waals surface area contributed by atoms with Crippen LogP contribution in [-0.4, -0.2) is 41.9 Å². The summed E-state index contributed by atoms with van der Waals surface area (Å²) in [6, 6.07) is 6.28. The van der Waals surface area contributed by atoms with E-state index < -0.39 is 11.4 Å². The third kappa shape index (κ3) is 3.47. The highest BCUT2D eigenvalue weighted by atomic mass is 19.1. The third-order valence-corrected chi connectivity index (χ3v) is 4.09. The second-order valence-electron chi connectivity index (χ2n) is 6.34. The van der Waals surface area contributed by atoms with Gasteiger partial charge in [0.05, 0.1) is 5.41 Å². The van der Waals surface area contributed by atoms with Crippen LogP contribution in [0.15, 0.2) is 24.3 Å². The van der Waals surface area contributed by atoms with E-state index in [9.17, 15) is 19.1 Å². The number of halogens is 1. The van der Waals surface area contributed by atoms with E-state index in [1.807, 2.05) is 11.0 Å². The monoisotopic (exact) mass is 293 g/mol. The summed E-state index contributed by atoms with van der Waals surface area (Å²) in [5.74, 6) is -1.49. The van der Waals surface area contributed by atoms with Crippen molar-refractivity contribution in [3.05, 3.63) is 35.6 Å². The molecule has 5 heteroatoms. The molecule has 1 aromatic carbocycles. The molecule has 0 spiro atoms. The van der Waals surface area contributed by atoms with Gasteiger partial charge in [-0.25, -0.2) is 4.39 Å². The zero-order valence-corrected chi connectivity index (χ0v) is 12.3. The normalized spacial score (nSPS) is 23.2. The van der Waals surface area contributed by atoms with Gasteiger partial charge in [-0.3, -0.25) is 4.79 Å². The Morgan fingerprint density at radius 1 is 1.48 bits per heavy atom. The Morgan fingerprint density at radius 2 is 2.19 bits per heavy atom. The molecule has 1 heterocycles. The fourth-order valence-corrected chi connectivity index (χ4v) is 2.90. The molecule has 0 aromatic heterocycles. The van der Waals surface area contributed by atoms with Crippen LogP contribution in [0.1, 0.15) is 25.3 Å². The molecule has 0 saturated carbocycles. The van der Waals surface area contributed by atoms with Gasteiger partial charge in [0.1, 0.15) is 12.1 Å². The lowest BCUT2D eigenvalue weighted by atomic mass is 9.90. The number of carboxylic acids is 1. The number of rotatable bonds is 5. The number of carbonyl (C=O) groups excluding carboxylic acids is 1. The Kier molecular flexibility index (Phi) is 4.42. The van der Waals surface area contributed by atoms with Gasteiger partial charge < -0.3 is 14.8 Å². The Balaban J connectivity index is 2.14. The van der Waals surface area contributed by atoms with E-state index in [-0.39, 0.29) is 17.7 Å². The maximum absolute atomic E-state index is 13.3. The molecule has 114 valence electrons. The zero-order chi connectivity index (χ0) is 15.6. The fraction of sp³-hybridized carbons (Fsp3) is 0.500. The van der Waals surface area contributed by atoms with Crippen LogP contribution in [0.25, 0.3) is 0 Å². The van der Waals surface area contributed by atoms with Gasteiger partial charge in [0.15, 0.2) is 0 Å². The molecule has 1 aliphatic rings. The van der Waals surface area contributed by atoms with E-state index >= 15 is 0 Å². The first-order chi connectivity index (χ1) is 9.83. The van der Waals surface area contributed by atoms with Crippen LogP contribution in [0.5, 0.6) is 0 Å². The molecule has 21 heavy (non-hydrogen) atoms. The zero-order valence-electron chi connectivity index (χ0n) is 12.3. The second kappa shape index (κ2) is 5.93. The molecule has 0 unspecified atom stereocenters. The minimum atomic E-state index is -0.871. The van der Waals surface area contributed by atoms with Gasteiger partial charge in [0.2, 0.25) is 0 Å². The van der Waals surface area contributed by atoms with Gasteiger partial charge in [0, 0.05) is 31.5 Å².